The summed E-state index contributed by atoms with van der Waals surface area (Å²) in [5, 5.41) is 11.8. The second kappa shape index (κ2) is 6.51. The highest BCUT2D eigenvalue weighted by Crippen LogP contribution is 2.30. The van der Waals surface area contributed by atoms with Crippen molar-refractivity contribution in [3.05, 3.63) is 45.3 Å². The molecule has 0 aliphatic carbocycles. The van der Waals surface area contributed by atoms with Gasteiger partial charge in [0.15, 0.2) is 5.65 Å². The van der Waals surface area contributed by atoms with E-state index in [9.17, 15) is 9.59 Å². The average Bonchev–Trinajstić information content (AvgIpc) is 3.15. The number of nitrogens with zero attached hydrogens (tertiary/aromatic N) is 4. The smallest absolute Gasteiger partial charge is 0.291 e. The first kappa shape index (κ1) is 17.2. The zero-order valence-corrected chi connectivity index (χ0v) is 15.9. The largest absolute Gasteiger partial charge is 0.386 e. The minimum Gasteiger partial charge on any atom is -0.386 e. The molecule has 0 bridgehead atoms. The molecule has 0 aliphatic rings. The first-order valence-electron chi connectivity index (χ1n) is 8.36. The van der Waals surface area contributed by atoms with Crippen molar-refractivity contribution in [2.45, 2.75) is 13.5 Å². The Balaban J connectivity index is 1.80. The number of anilines is 2. The third-order valence-corrected chi connectivity index (χ3v) is 5.53. The molecule has 138 valence electrons. The third-order valence-electron chi connectivity index (χ3n) is 4.53. The summed E-state index contributed by atoms with van der Waals surface area (Å²) in [7, 11) is 3.63. The summed E-state index contributed by atoms with van der Waals surface area (Å²) in [4.78, 5) is 28.3. The van der Waals surface area contributed by atoms with Crippen molar-refractivity contribution in [2.24, 2.45) is 7.05 Å². The maximum atomic E-state index is 13.0. The number of hydrogen-bond acceptors (Lipinski definition) is 6. The van der Waals surface area contributed by atoms with Crippen LogP contribution >= 0.6 is 11.3 Å². The number of amides is 1. The van der Waals surface area contributed by atoms with Crippen LogP contribution in [0.2, 0.25) is 0 Å². The Morgan fingerprint density at radius 1 is 1.30 bits per heavy atom. The van der Waals surface area contributed by atoms with E-state index in [0.29, 0.717) is 24.2 Å². The lowest BCUT2D eigenvalue weighted by molar-refractivity contribution is -0.105. The molecule has 3 heterocycles. The van der Waals surface area contributed by atoms with Crippen LogP contribution in [0, 0.1) is 6.92 Å². The minimum absolute atomic E-state index is 0.166. The van der Waals surface area contributed by atoms with Gasteiger partial charge in [0.05, 0.1) is 33.8 Å². The molecule has 0 fully saturated rings. The Morgan fingerprint density at radius 3 is 2.85 bits per heavy atom. The van der Waals surface area contributed by atoms with E-state index in [1.807, 2.05) is 36.7 Å². The van der Waals surface area contributed by atoms with Crippen molar-refractivity contribution in [2.75, 3.05) is 17.7 Å². The van der Waals surface area contributed by atoms with Crippen molar-refractivity contribution >= 4 is 50.4 Å². The molecule has 3 aromatic heterocycles. The van der Waals surface area contributed by atoms with E-state index in [1.54, 1.807) is 24.6 Å². The van der Waals surface area contributed by atoms with Gasteiger partial charge in [-0.05, 0) is 24.6 Å². The number of carbonyl (C=O) groups excluding carboxylic acids is 1. The number of benzene rings is 1. The maximum Gasteiger partial charge on any atom is 0.291 e. The quantitative estimate of drug-likeness (QED) is 0.517. The fraction of sp³-hybridized carbons (Fsp3) is 0.222. The summed E-state index contributed by atoms with van der Waals surface area (Å²) < 4.78 is 4.24. The fourth-order valence-corrected chi connectivity index (χ4v) is 4.23. The van der Waals surface area contributed by atoms with Gasteiger partial charge in [-0.15, -0.1) is 11.3 Å². The van der Waals surface area contributed by atoms with Crippen molar-refractivity contribution in [1.29, 1.82) is 0 Å². The molecule has 2 N–H and O–H groups in total. The molecule has 0 radical (unpaired) electrons. The summed E-state index contributed by atoms with van der Waals surface area (Å²) in [6.07, 6.45) is 2.35. The second-order valence-electron chi connectivity index (χ2n) is 6.21. The monoisotopic (exact) mass is 382 g/mol. The molecule has 9 heteroatoms. The number of fused-ring (bicyclic) bond motifs is 3. The zero-order chi connectivity index (χ0) is 19.1. The molecular weight excluding hydrogens is 364 g/mol. The molecule has 0 saturated carbocycles. The van der Waals surface area contributed by atoms with Crippen LogP contribution in [0.5, 0.6) is 0 Å². The lowest BCUT2D eigenvalue weighted by atomic mass is 10.1. The van der Waals surface area contributed by atoms with Crippen LogP contribution in [-0.2, 0) is 18.4 Å². The van der Waals surface area contributed by atoms with Gasteiger partial charge in [0, 0.05) is 19.5 Å². The third kappa shape index (κ3) is 2.76. The van der Waals surface area contributed by atoms with E-state index < -0.39 is 0 Å². The second-order valence-corrected chi connectivity index (χ2v) is 7.41. The van der Waals surface area contributed by atoms with E-state index in [-0.39, 0.29) is 5.56 Å². The number of rotatable bonds is 5. The maximum absolute atomic E-state index is 13.0. The summed E-state index contributed by atoms with van der Waals surface area (Å²) in [5.41, 5.74) is 3.54. The van der Waals surface area contributed by atoms with Crippen LogP contribution in [0.3, 0.4) is 0 Å². The van der Waals surface area contributed by atoms with Crippen LogP contribution in [0.1, 0.15) is 10.6 Å². The molecule has 0 spiro atoms. The highest BCUT2D eigenvalue weighted by Gasteiger charge is 2.17. The van der Waals surface area contributed by atoms with Crippen LogP contribution < -0.4 is 16.2 Å². The van der Waals surface area contributed by atoms with Gasteiger partial charge in [0.1, 0.15) is 5.52 Å². The number of thiazole rings is 1. The van der Waals surface area contributed by atoms with Crippen LogP contribution in [0.4, 0.5) is 11.4 Å². The van der Waals surface area contributed by atoms with Crippen LogP contribution in [0.25, 0.3) is 21.3 Å². The molecule has 4 rings (SSSR count). The van der Waals surface area contributed by atoms with Gasteiger partial charge in [0.25, 0.3) is 5.56 Å². The highest BCUT2D eigenvalue weighted by molar-refractivity contribution is 7.19. The standard InChI is InChI=1S/C18H18N6O2S/c1-10-22-17-16(27-10)12-7-21-24(18(26)15(12)23(17)3)8-11-4-5-13(19-2)14(6-11)20-9-25/h4-7,9,19H,8H2,1-3H3,(H,20,25). The first-order valence-corrected chi connectivity index (χ1v) is 9.17. The van der Waals surface area contributed by atoms with Crippen molar-refractivity contribution < 1.29 is 4.79 Å². The molecule has 1 aromatic carbocycles. The molecule has 0 atom stereocenters. The summed E-state index contributed by atoms with van der Waals surface area (Å²) in [6, 6.07) is 5.58. The molecular formula is C18H18N6O2S. The van der Waals surface area contributed by atoms with Gasteiger partial charge >= 0.3 is 0 Å². The molecule has 0 unspecified atom stereocenters. The van der Waals surface area contributed by atoms with E-state index in [1.165, 1.54) is 4.68 Å². The topological polar surface area (TPSA) is 93.8 Å². The normalized spacial score (nSPS) is 11.2. The van der Waals surface area contributed by atoms with Crippen molar-refractivity contribution in [3.63, 3.8) is 0 Å². The van der Waals surface area contributed by atoms with Gasteiger partial charge in [-0.25, -0.2) is 9.67 Å². The number of aromatic nitrogens is 4. The predicted octanol–water partition coefficient (Wildman–Crippen LogP) is 2.31. The average molecular weight is 382 g/mol. The summed E-state index contributed by atoms with van der Waals surface area (Å²) >= 11 is 1.56. The Labute approximate surface area is 158 Å². The molecule has 27 heavy (non-hydrogen) atoms. The lowest BCUT2D eigenvalue weighted by Gasteiger charge is -2.11. The van der Waals surface area contributed by atoms with Crippen LogP contribution in [0.15, 0.2) is 29.2 Å². The van der Waals surface area contributed by atoms with E-state index in [2.05, 4.69) is 20.7 Å². The lowest BCUT2D eigenvalue weighted by Crippen LogP contribution is -2.24. The first-order chi connectivity index (χ1) is 13.0. The Morgan fingerprint density at radius 2 is 2.11 bits per heavy atom. The number of carbonyl (C=O) groups is 1. The van der Waals surface area contributed by atoms with E-state index in [0.717, 1.165) is 32.0 Å². The van der Waals surface area contributed by atoms with Crippen molar-refractivity contribution in [3.8, 4) is 0 Å². The number of aryl methyl sites for hydroxylation is 2. The van der Waals surface area contributed by atoms with Gasteiger partial charge in [0.2, 0.25) is 6.41 Å². The van der Waals surface area contributed by atoms with E-state index >= 15 is 0 Å². The predicted molar refractivity (Wildman–Crippen MR) is 108 cm³/mol. The molecule has 0 saturated heterocycles. The number of hydrogen-bond donors (Lipinski definition) is 2. The minimum atomic E-state index is -0.166. The Kier molecular flexibility index (Phi) is 4.15. The van der Waals surface area contributed by atoms with Gasteiger partial charge in [-0.3, -0.25) is 9.59 Å². The molecule has 4 aromatic rings. The van der Waals surface area contributed by atoms with Crippen LogP contribution in [-0.4, -0.2) is 32.8 Å². The Bertz CT molecular complexity index is 1240. The highest BCUT2D eigenvalue weighted by atomic mass is 32.1. The summed E-state index contributed by atoms with van der Waals surface area (Å²) in [6.45, 7) is 2.25. The fourth-order valence-electron chi connectivity index (χ4n) is 3.27. The molecule has 8 nitrogen and oxygen atoms in total. The summed E-state index contributed by atoms with van der Waals surface area (Å²) in [5.74, 6) is 0. The van der Waals surface area contributed by atoms with Gasteiger partial charge < -0.3 is 15.2 Å². The molecule has 0 aliphatic heterocycles. The van der Waals surface area contributed by atoms with Gasteiger partial charge in [-0.2, -0.15) is 5.10 Å². The Hall–Kier alpha value is -3.20. The van der Waals surface area contributed by atoms with Crippen molar-refractivity contribution in [1.82, 2.24) is 19.3 Å². The van der Waals surface area contributed by atoms with Gasteiger partial charge in [-0.1, -0.05) is 6.07 Å². The van der Waals surface area contributed by atoms with E-state index in [4.69, 9.17) is 0 Å². The zero-order valence-electron chi connectivity index (χ0n) is 15.1. The SMILES string of the molecule is CNc1ccc(Cn2ncc3c4sc(C)nc4n(C)c3c2=O)cc1NC=O. The molecule has 1 amide bonds. The number of nitrogens with one attached hydrogen (secondary N) is 2.